The van der Waals surface area contributed by atoms with Crippen LogP contribution in [0.15, 0.2) is 24.3 Å². The number of ether oxygens (including phenoxy) is 1. The fraction of sp³-hybridized carbons (Fsp3) is 0.667. The lowest BCUT2D eigenvalue weighted by Crippen LogP contribution is -2.43. The monoisotopic (exact) mass is 311 g/mol. The number of nitriles is 1. The van der Waals surface area contributed by atoms with Gasteiger partial charge in [0.2, 0.25) is 0 Å². The summed E-state index contributed by atoms with van der Waals surface area (Å²) in [4.78, 5) is 0. The topological polar surface area (TPSA) is 33.0 Å². The van der Waals surface area contributed by atoms with Crippen LogP contribution in [0.4, 0.5) is 0 Å². The second-order valence-corrected chi connectivity index (χ2v) is 7.38. The third-order valence-electron chi connectivity index (χ3n) is 6.25. The van der Waals surface area contributed by atoms with E-state index in [9.17, 15) is 5.26 Å². The van der Waals surface area contributed by atoms with Crippen LogP contribution in [0, 0.1) is 23.2 Å². The molecule has 0 heterocycles. The van der Waals surface area contributed by atoms with Gasteiger partial charge in [0.1, 0.15) is 5.75 Å². The van der Waals surface area contributed by atoms with Crippen molar-refractivity contribution in [2.24, 2.45) is 11.8 Å². The van der Waals surface area contributed by atoms with Gasteiger partial charge >= 0.3 is 0 Å². The molecular weight excluding hydrogens is 282 g/mol. The third kappa shape index (κ3) is 3.11. The van der Waals surface area contributed by atoms with Crippen LogP contribution in [0.5, 0.6) is 5.75 Å². The zero-order valence-corrected chi connectivity index (χ0v) is 14.4. The van der Waals surface area contributed by atoms with Crippen LogP contribution in [0.2, 0.25) is 0 Å². The summed E-state index contributed by atoms with van der Waals surface area (Å²) in [5.74, 6) is 1.93. The van der Waals surface area contributed by atoms with Gasteiger partial charge in [-0.15, -0.1) is 0 Å². The van der Waals surface area contributed by atoms with Crippen LogP contribution in [-0.2, 0) is 5.41 Å². The maximum atomic E-state index is 10.4. The van der Waals surface area contributed by atoms with Crippen molar-refractivity contribution in [1.82, 2.24) is 0 Å². The van der Waals surface area contributed by atoms with E-state index in [4.69, 9.17) is 4.74 Å². The second-order valence-electron chi connectivity index (χ2n) is 7.38. The van der Waals surface area contributed by atoms with Crippen molar-refractivity contribution in [1.29, 1.82) is 5.26 Å². The van der Waals surface area contributed by atoms with E-state index in [1.165, 1.54) is 69.8 Å². The van der Waals surface area contributed by atoms with E-state index in [0.717, 1.165) is 5.75 Å². The number of nitrogens with zero attached hydrogens (tertiary/aromatic N) is 1. The molecule has 23 heavy (non-hydrogen) atoms. The van der Waals surface area contributed by atoms with Gasteiger partial charge in [-0.3, -0.25) is 0 Å². The van der Waals surface area contributed by atoms with Crippen LogP contribution in [0.3, 0.4) is 0 Å². The van der Waals surface area contributed by atoms with Crippen molar-refractivity contribution in [3.05, 3.63) is 29.8 Å². The molecule has 2 aliphatic carbocycles. The summed E-state index contributed by atoms with van der Waals surface area (Å²) in [6, 6.07) is 11.3. The molecule has 1 aromatic rings. The van der Waals surface area contributed by atoms with Crippen LogP contribution in [0.1, 0.15) is 69.8 Å². The highest BCUT2D eigenvalue weighted by Crippen LogP contribution is 2.50. The molecule has 0 saturated heterocycles. The minimum atomic E-state index is -0.285. The molecule has 2 saturated carbocycles. The molecule has 0 spiro atoms. The van der Waals surface area contributed by atoms with Crippen LogP contribution >= 0.6 is 0 Å². The van der Waals surface area contributed by atoms with Gasteiger partial charge in [0.05, 0.1) is 18.6 Å². The minimum Gasteiger partial charge on any atom is -0.497 e. The Balaban J connectivity index is 2.00. The fourth-order valence-electron chi connectivity index (χ4n) is 5.03. The first-order chi connectivity index (χ1) is 11.3. The van der Waals surface area contributed by atoms with Gasteiger partial charge in [0, 0.05) is 0 Å². The summed E-state index contributed by atoms with van der Waals surface area (Å²) in [5, 5.41) is 10.4. The van der Waals surface area contributed by atoms with Crippen LogP contribution in [0.25, 0.3) is 0 Å². The predicted molar refractivity (Wildman–Crippen MR) is 93.4 cm³/mol. The molecule has 0 aliphatic heterocycles. The summed E-state index contributed by atoms with van der Waals surface area (Å²) in [7, 11) is 1.70. The molecule has 0 amide bonds. The average molecular weight is 311 g/mol. The molecule has 0 atom stereocenters. The van der Waals surface area contributed by atoms with Gasteiger partial charge in [0.15, 0.2) is 0 Å². The van der Waals surface area contributed by atoms with E-state index in [1.807, 2.05) is 12.1 Å². The predicted octanol–water partition coefficient (Wildman–Crippen LogP) is 5.62. The lowest BCUT2D eigenvalue weighted by molar-refractivity contribution is 0.146. The molecule has 0 radical (unpaired) electrons. The quantitative estimate of drug-likeness (QED) is 0.723. The zero-order chi connectivity index (χ0) is 16.1. The van der Waals surface area contributed by atoms with E-state index in [2.05, 4.69) is 18.2 Å². The average Bonchev–Trinajstić information content (AvgIpc) is 2.65. The van der Waals surface area contributed by atoms with Crippen molar-refractivity contribution < 1.29 is 4.74 Å². The molecule has 0 aromatic heterocycles. The summed E-state index contributed by atoms with van der Waals surface area (Å²) in [5.41, 5.74) is 0.951. The van der Waals surface area contributed by atoms with E-state index < -0.39 is 0 Å². The van der Waals surface area contributed by atoms with Gasteiger partial charge in [-0.05, 0) is 55.2 Å². The number of methoxy groups -OCH3 is 1. The Bertz CT molecular complexity index is 512. The van der Waals surface area contributed by atoms with E-state index in [-0.39, 0.29) is 5.41 Å². The van der Waals surface area contributed by atoms with Crippen molar-refractivity contribution in [2.45, 2.75) is 69.6 Å². The van der Waals surface area contributed by atoms with Crippen molar-refractivity contribution in [3.8, 4) is 11.8 Å². The van der Waals surface area contributed by atoms with Gasteiger partial charge in [0.25, 0.3) is 0 Å². The highest BCUT2D eigenvalue weighted by Gasteiger charge is 2.47. The molecule has 3 rings (SSSR count). The van der Waals surface area contributed by atoms with Crippen LogP contribution in [-0.4, -0.2) is 7.11 Å². The molecule has 2 heteroatoms. The molecule has 124 valence electrons. The van der Waals surface area contributed by atoms with Crippen molar-refractivity contribution in [2.75, 3.05) is 7.11 Å². The van der Waals surface area contributed by atoms with Crippen LogP contribution < -0.4 is 4.74 Å². The maximum Gasteiger partial charge on any atom is 0.118 e. The van der Waals surface area contributed by atoms with E-state index in [1.54, 1.807) is 7.11 Å². The highest BCUT2D eigenvalue weighted by molar-refractivity contribution is 5.39. The molecular formula is C21H29NO. The summed E-state index contributed by atoms with van der Waals surface area (Å²) < 4.78 is 5.32. The Morgan fingerprint density at radius 1 is 0.870 bits per heavy atom. The Labute approximate surface area is 140 Å². The first-order valence-corrected chi connectivity index (χ1v) is 9.37. The Kier molecular flexibility index (Phi) is 5.26. The fourth-order valence-corrected chi connectivity index (χ4v) is 5.03. The van der Waals surface area contributed by atoms with Crippen molar-refractivity contribution in [3.63, 3.8) is 0 Å². The van der Waals surface area contributed by atoms with Gasteiger partial charge in [-0.1, -0.05) is 50.7 Å². The lowest BCUT2D eigenvalue weighted by Gasteiger charge is -2.45. The maximum absolute atomic E-state index is 10.4. The smallest absolute Gasteiger partial charge is 0.118 e. The van der Waals surface area contributed by atoms with Gasteiger partial charge < -0.3 is 4.74 Å². The third-order valence-corrected chi connectivity index (χ3v) is 6.25. The SMILES string of the molecule is COc1ccc(C(C#N)(C2CCCCC2)C2CCCCC2)cc1. The Morgan fingerprint density at radius 2 is 1.35 bits per heavy atom. The highest BCUT2D eigenvalue weighted by atomic mass is 16.5. The van der Waals surface area contributed by atoms with Gasteiger partial charge in [-0.25, -0.2) is 0 Å². The largest absolute Gasteiger partial charge is 0.497 e. The van der Waals surface area contributed by atoms with Gasteiger partial charge in [-0.2, -0.15) is 5.26 Å². The molecule has 0 bridgehead atoms. The second kappa shape index (κ2) is 7.39. The number of benzene rings is 1. The molecule has 2 aliphatic rings. The van der Waals surface area contributed by atoms with E-state index >= 15 is 0 Å². The minimum absolute atomic E-state index is 0.285. The number of hydrogen-bond donors (Lipinski definition) is 0. The summed E-state index contributed by atoms with van der Waals surface area (Å²) >= 11 is 0. The molecule has 2 nitrogen and oxygen atoms in total. The first-order valence-electron chi connectivity index (χ1n) is 9.37. The van der Waals surface area contributed by atoms with Crippen molar-refractivity contribution >= 4 is 0 Å². The Morgan fingerprint density at radius 3 is 1.74 bits per heavy atom. The molecule has 0 unspecified atom stereocenters. The molecule has 1 aromatic carbocycles. The number of rotatable bonds is 4. The lowest BCUT2D eigenvalue weighted by atomic mass is 9.56. The number of hydrogen-bond acceptors (Lipinski definition) is 2. The molecule has 2 fully saturated rings. The normalized spacial score (nSPS) is 20.9. The summed E-state index contributed by atoms with van der Waals surface area (Å²) in [6.07, 6.45) is 12.7. The molecule has 0 N–H and O–H groups in total. The standard InChI is InChI=1S/C21H29NO/c1-23-20-14-12-19(13-15-20)21(16-22,17-8-4-2-5-9-17)18-10-6-3-7-11-18/h12-15,17-18H,2-11H2,1H3. The summed E-state index contributed by atoms with van der Waals surface area (Å²) in [6.45, 7) is 0. The first kappa shape index (κ1) is 16.4. The Hall–Kier alpha value is -1.49. The zero-order valence-electron chi connectivity index (χ0n) is 14.4. The van der Waals surface area contributed by atoms with E-state index in [0.29, 0.717) is 11.8 Å².